The molecule has 158 valence electrons. The summed E-state index contributed by atoms with van der Waals surface area (Å²) >= 11 is 0. The molecule has 0 bridgehead atoms. The summed E-state index contributed by atoms with van der Waals surface area (Å²) in [5.74, 6) is 0. The molecule has 1 nitrogen and oxygen atoms in total. The summed E-state index contributed by atoms with van der Waals surface area (Å²) in [6, 6.07) is 26.4. The van der Waals surface area contributed by atoms with Crippen LogP contribution < -0.4 is 4.90 Å². The van der Waals surface area contributed by atoms with Crippen molar-refractivity contribution in [3.05, 3.63) is 126 Å². The highest BCUT2D eigenvalue weighted by Crippen LogP contribution is 2.39. The van der Waals surface area contributed by atoms with E-state index in [4.69, 9.17) is 0 Å². The number of para-hydroxylation sites is 1. The maximum atomic E-state index is 2.39. The van der Waals surface area contributed by atoms with E-state index in [1.807, 2.05) is 0 Å². The second-order valence-corrected chi connectivity index (χ2v) is 8.42. The summed E-state index contributed by atoms with van der Waals surface area (Å²) in [5.41, 5.74) is 9.01. The lowest BCUT2D eigenvalue weighted by atomic mass is 9.96. The zero-order valence-corrected chi connectivity index (χ0v) is 18.5. The second kappa shape index (κ2) is 9.70. The van der Waals surface area contributed by atoms with E-state index in [0.717, 1.165) is 12.8 Å². The molecule has 2 aliphatic carbocycles. The van der Waals surface area contributed by atoms with Crippen LogP contribution in [0.3, 0.4) is 0 Å². The summed E-state index contributed by atoms with van der Waals surface area (Å²) in [6.45, 7) is 0. The van der Waals surface area contributed by atoms with Crippen LogP contribution in [0.1, 0.15) is 42.4 Å². The van der Waals surface area contributed by atoms with E-state index in [0.29, 0.717) is 0 Å². The summed E-state index contributed by atoms with van der Waals surface area (Å²) in [6.07, 6.45) is 21.3. The highest BCUT2D eigenvalue weighted by atomic mass is 15.1. The van der Waals surface area contributed by atoms with E-state index in [1.165, 1.54) is 58.6 Å². The third kappa shape index (κ3) is 4.38. The number of allylic oxidation sites excluding steroid dienone is 7. The fourth-order valence-corrected chi connectivity index (χ4v) is 4.61. The van der Waals surface area contributed by atoms with Crippen molar-refractivity contribution in [2.24, 2.45) is 0 Å². The van der Waals surface area contributed by atoms with Crippen LogP contribution in [-0.2, 0) is 6.42 Å². The molecular weight excluding hydrogens is 386 g/mol. The highest BCUT2D eigenvalue weighted by molar-refractivity contribution is 5.82. The molecule has 0 N–H and O–H groups in total. The van der Waals surface area contributed by atoms with Crippen molar-refractivity contribution in [1.29, 1.82) is 0 Å². The smallest absolute Gasteiger partial charge is 0.0502 e. The van der Waals surface area contributed by atoms with Gasteiger partial charge in [-0.15, -0.1) is 0 Å². The number of hydrogen-bond donors (Lipinski definition) is 0. The Hall–Kier alpha value is -3.58. The molecular formula is C31H29N. The van der Waals surface area contributed by atoms with Gasteiger partial charge in [-0.05, 0) is 84.7 Å². The molecule has 1 heteroatoms. The molecule has 3 aromatic carbocycles. The first-order chi connectivity index (χ1) is 15.9. The van der Waals surface area contributed by atoms with Gasteiger partial charge in [0.1, 0.15) is 0 Å². The van der Waals surface area contributed by atoms with Gasteiger partial charge in [0.05, 0.1) is 5.69 Å². The van der Waals surface area contributed by atoms with Gasteiger partial charge >= 0.3 is 0 Å². The molecule has 0 amide bonds. The van der Waals surface area contributed by atoms with Crippen molar-refractivity contribution in [3.8, 4) is 0 Å². The fraction of sp³-hybridized carbons (Fsp3) is 0.161. The minimum Gasteiger partial charge on any atom is -0.310 e. The van der Waals surface area contributed by atoms with Crippen molar-refractivity contribution in [3.63, 3.8) is 0 Å². The van der Waals surface area contributed by atoms with Gasteiger partial charge in [-0.25, -0.2) is 0 Å². The normalized spacial score (nSPS) is 17.9. The molecule has 0 radical (unpaired) electrons. The van der Waals surface area contributed by atoms with Gasteiger partial charge in [0.2, 0.25) is 0 Å². The molecule has 0 saturated carbocycles. The van der Waals surface area contributed by atoms with Crippen molar-refractivity contribution in [1.82, 2.24) is 0 Å². The van der Waals surface area contributed by atoms with E-state index < -0.39 is 0 Å². The Morgan fingerprint density at radius 2 is 1.50 bits per heavy atom. The third-order valence-corrected chi connectivity index (χ3v) is 6.28. The zero-order valence-electron chi connectivity index (χ0n) is 18.5. The number of rotatable bonds is 4. The summed E-state index contributed by atoms with van der Waals surface area (Å²) in [5, 5.41) is 0. The summed E-state index contributed by atoms with van der Waals surface area (Å²) in [7, 11) is 0. The molecule has 0 heterocycles. The SMILES string of the molecule is C1=CCc2c(cccc2N(c2ccccc2)c2ccc(/C3=C/C=C/CCCC3)cc2)C=C1. The predicted molar refractivity (Wildman–Crippen MR) is 139 cm³/mol. The van der Waals surface area contributed by atoms with Gasteiger partial charge in [0, 0.05) is 11.4 Å². The number of hydrogen-bond acceptors (Lipinski definition) is 1. The van der Waals surface area contributed by atoms with Gasteiger partial charge in [-0.2, -0.15) is 0 Å². The maximum absolute atomic E-state index is 2.39. The quantitative estimate of drug-likeness (QED) is 0.411. The number of benzene rings is 3. The molecule has 5 rings (SSSR count). The van der Waals surface area contributed by atoms with Crippen LogP contribution in [0.4, 0.5) is 17.1 Å². The minimum atomic E-state index is 0.930. The Bertz CT molecular complexity index is 1180. The molecule has 0 aliphatic heterocycles. The Balaban J connectivity index is 1.58. The molecule has 32 heavy (non-hydrogen) atoms. The van der Waals surface area contributed by atoms with Gasteiger partial charge in [0.15, 0.2) is 0 Å². The highest BCUT2D eigenvalue weighted by Gasteiger charge is 2.17. The second-order valence-electron chi connectivity index (χ2n) is 8.42. The van der Waals surface area contributed by atoms with Gasteiger partial charge in [-0.3, -0.25) is 0 Å². The van der Waals surface area contributed by atoms with Crippen LogP contribution in [0.2, 0.25) is 0 Å². The topological polar surface area (TPSA) is 3.24 Å². The lowest BCUT2D eigenvalue weighted by Gasteiger charge is -2.28. The minimum absolute atomic E-state index is 0.930. The van der Waals surface area contributed by atoms with Crippen LogP contribution in [0.5, 0.6) is 0 Å². The lowest BCUT2D eigenvalue weighted by Crippen LogP contribution is -2.12. The van der Waals surface area contributed by atoms with E-state index in [1.54, 1.807) is 0 Å². The first-order valence-electron chi connectivity index (χ1n) is 11.7. The van der Waals surface area contributed by atoms with Gasteiger partial charge in [0.25, 0.3) is 0 Å². The van der Waals surface area contributed by atoms with Crippen LogP contribution in [0, 0.1) is 0 Å². The Morgan fingerprint density at radius 1 is 0.656 bits per heavy atom. The molecule has 3 aromatic rings. The van der Waals surface area contributed by atoms with Crippen LogP contribution in [-0.4, -0.2) is 0 Å². The van der Waals surface area contributed by atoms with Crippen molar-refractivity contribution in [2.75, 3.05) is 4.90 Å². The van der Waals surface area contributed by atoms with Gasteiger partial charge in [-0.1, -0.05) is 85.0 Å². The van der Waals surface area contributed by atoms with Crippen LogP contribution in [0.15, 0.2) is 109 Å². The van der Waals surface area contributed by atoms with Crippen molar-refractivity contribution >= 4 is 28.7 Å². The fourth-order valence-electron chi connectivity index (χ4n) is 4.61. The first kappa shape index (κ1) is 20.3. The van der Waals surface area contributed by atoms with Gasteiger partial charge < -0.3 is 4.90 Å². The van der Waals surface area contributed by atoms with E-state index in [9.17, 15) is 0 Å². The van der Waals surface area contributed by atoms with E-state index >= 15 is 0 Å². The largest absolute Gasteiger partial charge is 0.310 e. The van der Waals surface area contributed by atoms with E-state index in [-0.39, 0.29) is 0 Å². The molecule has 2 aliphatic rings. The molecule has 0 spiro atoms. The molecule has 0 saturated heterocycles. The average Bonchev–Trinajstić information content (AvgIpc) is 3.07. The monoisotopic (exact) mass is 415 g/mol. The summed E-state index contributed by atoms with van der Waals surface area (Å²) in [4.78, 5) is 2.39. The Labute approximate surface area is 191 Å². The first-order valence-corrected chi connectivity index (χ1v) is 11.7. The number of fused-ring (bicyclic) bond motifs is 1. The molecule has 0 fully saturated rings. The lowest BCUT2D eigenvalue weighted by molar-refractivity contribution is 0.766. The molecule has 0 atom stereocenters. The van der Waals surface area contributed by atoms with Crippen LogP contribution >= 0.6 is 0 Å². The Kier molecular flexibility index (Phi) is 6.16. The number of anilines is 3. The Morgan fingerprint density at radius 3 is 2.38 bits per heavy atom. The summed E-state index contributed by atoms with van der Waals surface area (Å²) < 4.78 is 0. The molecule has 0 unspecified atom stereocenters. The van der Waals surface area contributed by atoms with E-state index in [2.05, 4.69) is 120 Å². The van der Waals surface area contributed by atoms with Crippen LogP contribution in [0.25, 0.3) is 11.6 Å². The molecule has 0 aromatic heterocycles. The van der Waals surface area contributed by atoms with Crippen molar-refractivity contribution in [2.45, 2.75) is 32.1 Å². The van der Waals surface area contributed by atoms with Crippen molar-refractivity contribution < 1.29 is 0 Å². The standard InChI is InChI=1S/C31H29N/c1-2-6-13-25(14-7-3-1)26-21-23-29(24-22-26)32(28-17-9-5-10-18-28)31-20-12-16-27-15-8-4-11-19-30(27)31/h2,4-6,8-13,15-18,20-24H,1,3,7,14,19H2/b6-2+,25-13+. The average molecular weight is 416 g/mol. The predicted octanol–water partition coefficient (Wildman–Crippen LogP) is 8.80. The third-order valence-electron chi connectivity index (χ3n) is 6.28. The number of nitrogens with zero attached hydrogens (tertiary/aromatic N) is 1. The maximum Gasteiger partial charge on any atom is 0.0502 e. The zero-order chi connectivity index (χ0) is 21.6.